The minimum Gasteiger partial charge on any atom is -0.497 e. The molecule has 0 saturated carbocycles. The van der Waals surface area contributed by atoms with E-state index in [-0.39, 0.29) is 0 Å². The molecule has 0 atom stereocenters. The van der Waals surface area contributed by atoms with Gasteiger partial charge in [-0.25, -0.2) is 0 Å². The maximum Gasteiger partial charge on any atom is 0.118 e. The second-order valence-corrected chi connectivity index (χ2v) is 6.41. The van der Waals surface area contributed by atoms with E-state index < -0.39 is 0 Å². The van der Waals surface area contributed by atoms with Crippen molar-refractivity contribution < 1.29 is 9.47 Å². The molecule has 0 amide bonds. The van der Waals surface area contributed by atoms with Crippen LogP contribution in [0.3, 0.4) is 0 Å². The highest BCUT2D eigenvalue weighted by Crippen LogP contribution is 2.22. The Balaban J connectivity index is 2.10. The molecule has 0 aliphatic rings. The molecule has 0 saturated heterocycles. The molecule has 2 aromatic carbocycles. The van der Waals surface area contributed by atoms with Gasteiger partial charge in [-0.2, -0.15) is 0 Å². The first kappa shape index (κ1) is 19.1. The normalized spacial score (nSPS) is 11.4. The van der Waals surface area contributed by atoms with Crippen molar-refractivity contribution >= 4 is 6.08 Å². The summed E-state index contributed by atoms with van der Waals surface area (Å²) >= 11 is 0. The van der Waals surface area contributed by atoms with Gasteiger partial charge in [0.15, 0.2) is 0 Å². The fraction of sp³-hybridized carbons (Fsp3) is 0.391. The molecule has 0 aliphatic heterocycles. The van der Waals surface area contributed by atoms with Crippen molar-refractivity contribution in [2.24, 2.45) is 0 Å². The highest BCUT2D eigenvalue weighted by atomic mass is 16.5. The Morgan fingerprint density at radius 2 is 1.40 bits per heavy atom. The van der Waals surface area contributed by atoms with Crippen LogP contribution in [0.25, 0.3) is 6.08 Å². The SMILES string of the molecule is CCCCCC/C(=C\c1ccc(OC)cc1)Cc1ccc(OC)cc1. The van der Waals surface area contributed by atoms with Gasteiger partial charge in [-0.15, -0.1) is 0 Å². The summed E-state index contributed by atoms with van der Waals surface area (Å²) in [6.45, 7) is 2.26. The summed E-state index contributed by atoms with van der Waals surface area (Å²) < 4.78 is 10.5. The van der Waals surface area contributed by atoms with Gasteiger partial charge in [-0.05, 0) is 54.7 Å². The second kappa shape index (κ2) is 10.6. The van der Waals surface area contributed by atoms with E-state index in [2.05, 4.69) is 37.3 Å². The van der Waals surface area contributed by atoms with Crippen LogP contribution < -0.4 is 9.47 Å². The lowest BCUT2D eigenvalue weighted by atomic mass is 9.97. The zero-order valence-electron chi connectivity index (χ0n) is 15.8. The first-order chi connectivity index (χ1) is 12.2. The molecule has 0 aromatic heterocycles. The van der Waals surface area contributed by atoms with Crippen LogP contribution in [-0.4, -0.2) is 14.2 Å². The van der Waals surface area contributed by atoms with Crippen LogP contribution in [0.5, 0.6) is 11.5 Å². The van der Waals surface area contributed by atoms with Crippen molar-refractivity contribution in [3.63, 3.8) is 0 Å². The van der Waals surface area contributed by atoms with E-state index in [0.29, 0.717) is 0 Å². The van der Waals surface area contributed by atoms with Gasteiger partial charge in [0.1, 0.15) is 11.5 Å². The maximum atomic E-state index is 5.26. The number of methoxy groups -OCH3 is 2. The fourth-order valence-electron chi connectivity index (χ4n) is 2.93. The Hall–Kier alpha value is -2.22. The number of allylic oxidation sites excluding steroid dienone is 1. The summed E-state index contributed by atoms with van der Waals surface area (Å²) in [6, 6.07) is 16.7. The largest absolute Gasteiger partial charge is 0.497 e. The molecule has 134 valence electrons. The first-order valence-electron chi connectivity index (χ1n) is 9.21. The van der Waals surface area contributed by atoms with Gasteiger partial charge in [-0.3, -0.25) is 0 Å². The highest BCUT2D eigenvalue weighted by Gasteiger charge is 2.03. The molecule has 0 fully saturated rings. The number of rotatable bonds is 10. The van der Waals surface area contributed by atoms with Crippen molar-refractivity contribution in [2.75, 3.05) is 14.2 Å². The molecule has 0 N–H and O–H groups in total. The molecule has 0 radical (unpaired) electrons. The monoisotopic (exact) mass is 338 g/mol. The van der Waals surface area contributed by atoms with Gasteiger partial charge in [0, 0.05) is 0 Å². The minimum atomic E-state index is 0.900. The van der Waals surface area contributed by atoms with E-state index in [0.717, 1.165) is 24.3 Å². The average Bonchev–Trinajstić information content (AvgIpc) is 2.66. The molecular weight excluding hydrogens is 308 g/mol. The molecule has 0 unspecified atom stereocenters. The summed E-state index contributed by atoms with van der Waals surface area (Å²) in [4.78, 5) is 0. The molecule has 2 aromatic rings. The lowest BCUT2D eigenvalue weighted by molar-refractivity contribution is 0.414. The average molecular weight is 338 g/mol. The molecule has 0 bridgehead atoms. The van der Waals surface area contributed by atoms with Crippen LogP contribution in [0.15, 0.2) is 54.1 Å². The van der Waals surface area contributed by atoms with Crippen LogP contribution in [0.4, 0.5) is 0 Å². The van der Waals surface area contributed by atoms with E-state index >= 15 is 0 Å². The van der Waals surface area contributed by atoms with Gasteiger partial charge in [0.2, 0.25) is 0 Å². The van der Waals surface area contributed by atoms with Crippen LogP contribution in [0, 0.1) is 0 Å². The Morgan fingerprint density at radius 3 is 1.96 bits per heavy atom. The molecule has 2 heteroatoms. The van der Waals surface area contributed by atoms with Crippen molar-refractivity contribution in [3.05, 3.63) is 65.2 Å². The maximum absolute atomic E-state index is 5.26. The molecular formula is C23H30O2. The Labute approximate surface area is 152 Å². The van der Waals surface area contributed by atoms with Gasteiger partial charge in [0.25, 0.3) is 0 Å². The Morgan fingerprint density at radius 1 is 0.800 bits per heavy atom. The molecule has 0 spiro atoms. The lowest BCUT2D eigenvalue weighted by Gasteiger charge is -2.10. The van der Waals surface area contributed by atoms with Crippen LogP contribution in [-0.2, 0) is 6.42 Å². The van der Waals surface area contributed by atoms with Gasteiger partial charge >= 0.3 is 0 Å². The lowest BCUT2D eigenvalue weighted by Crippen LogP contribution is -1.93. The molecule has 2 rings (SSSR count). The molecule has 0 aliphatic carbocycles. The number of hydrogen-bond donors (Lipinski definition) is 0. The summed E-state index contributed by atoms with van der Waals surface area (Å²) in [6.07, 6.45) is 9.62. The summed E-state index contributed by atoms with van der Waals surface area (Å²) in [5, 5.41) is 0. The van der Waals surface area contributed by atoms with E-state index in [4.69, 9.17) is 9.47 Å². The first-order valence-corrected chi connectivity index (χ1v) is 9.21. The molecule has 25 heavy (non-hydrogen) atoms. The van der Waals surface area contributed by atoms with E-state index in [1.807, 2.05) is 24.3 Å². The van der Waals surface area contributed by atoms with E-state index in [1.54, 1.807) is 14.2 Å². The van der Waals surface area contributed by atoms with Gasteiger partial charge in [-0.1, -0.05) is 62.1 Å². The van der Waals surface area contributed by atoms with Crippen molar-refractivity contribution in [1.29, 1.82) is 0 Å². The summed E-state index contributed by atoms with van der Waals surface area (Å²) in [5.74, 6) is 1.81. The molecule has 2 nitrogen and oxygen atoms in total. The zero-order valence-corrected chi connectivity index (χ0v) is 15.8. The smallest absolute Gasteiger partial charge is 0.118 e. The fourth-order valence-corrected chi connectivity index (χ4v) is 2.93. The third-order valence-corrected chi connectivity index (χ3v) is 4.43. The van der Waals surface area contributed by atoms with Crippen molar-refractivity contribution in [1.82, 2.24) is 0 Å². The Bertz CT molecular complexity index is 639. The van der Waals surface area contributed by atoms with Gasteiger partial charge < -0.3 is 9.47 Å². The quantitative estimate of drug-likeness (QED) is 0.473. The standard InChI is InChI=1S/C23H30O2/c1-4-5-6-7-8-21(17-19-9-13-22(24-2)14-10-19)18-20-11-15-23(25-3)16-12-20/h9-17H,4-8,18H2,1-3H3/b21-17+. The van der Waals surface area contributed by atoms with Crippen molar-refractivity contribution in [3.8, 4) is 11.5 Å². The predicted molar refractivity (Wildman–Crippen MR) is 106 cm³/mol. The van der Waals surface area contributed by atoms with E-state index in [9.17, 15) is 0 Å². The van der Waals surface area contributed by atoms with Crippen LogP contribution >= 0.6 is 0 Å². The van der Waals surface area contributed by atoms with E-state index in [1.165, 1.54) is 42.4 Å². The van der Waals surface area contributed by atoms with Crippen LogP contribution in [0.1, 0.15) is 50.2 Å². The second-order valence-electron chi connectivity index (χ2n) is 6.41. The van der Waals surface area contributed by atoms with Crippen LogP contribution in [0.2, 0.25) is 0 Å². The third-order valence-electron chi connectivity index (χ3n) is 4.43. The Kier molecular flexibility index (Phi) is 8.11. The number of unbranched alkanes of at least 4 members (excludes halogenated alkanes) is 3. The molecule has 0 heterocycles. The predicted octanol–water partition coefficient (Wildman–Crippen LogP) is 6.30. The highest BCUT2D eigenvalue weighted by molar-refractivity contribution is 5.55. The zero-order chi connectivity index (χ0) is 17.9. The number of benzene rings is 2. The third kappa shape index (κ3) is 6.66. The summed E-state index contributed by atoms with van der Waals surface area (Å²) in [7, 11) is 3.41. The topological polar surface area (TPSA) is 18.5 Å². The number of ether oxygens (including phenoxy) is 2. The summed E-state index contributed by atoms with van der Waals surface area (Å²) in [5.41, 5.74) is 4.04. The minimum absolute atomic E-state index is 0.900. The van der Waals surface area contributed by atoms with Gasteiger partial charge in [0.05, 0.1) is 14.2 Å². The van der Waals surface area contributed by atoms with Crippen molar-refractivity contribution in [2.45, 2.75) is 45.4 Å². The number of hydrogen-bond acceptors (Lipinski definition) is 2.